The average Bonchev–Trinajstić information content (AvgIpc) is 2.66. The molecule has 1 aromatic heterocycles. The molecule has 2 rings (SSSR count). The molecule has 5 N–H and O–H groups in total. The molecule has 0 spiro atoms. The predicted octanol–water partition coefficient (Wildman–Crippen LogP) is 0.731. The van der Waals surface area contributed by atoms with E-state index < -0.39 is 24.3 Å². The van der Waals surface area contributed by atoms with Crippen LogP contribution in [0.2, 0.25) is 0 Å². The van der Waals surface area contributed by atoms with Gasteiger partial charge in [0.05, 0.1) is 23.1 Å². The van der Waals surface area contributed by atoms with Crippen LogP contribution in [0, 0.1) is 0 Å². The van der Waals surface area contributed by atoms with E-state index >= 15 is 0 Å². The summed E-state index contributed by atoms with van der Waals surface area (Å²) in [6.45, 7) is 7.92. The number of rotatable bonds is 4. The second-order valence-electron chi connectivity index (χ2n) is 6.35. The van der Waals surface area contributed by atoms with Gasteiger partial charge in [0.2, 0.25) is 0 Å². The van der Waals surface area contributed by atoms with Gasteiger partial charge in [-0.3, -0.25) is 0 Å². The first-order chi connectivity index (χ1) is 10.6. The molecule has 1 aliphatic rings. The van der Waals surface area contributed by atoms with E-state index in [0.29, 0.717) is 11.2 Å². The zero-order valence-electron chi connectivity index (χ0n) is 13.7. The van der Waals surface area contributed by atoms with E-state index in [9.17, 15) is 4.79 Å². The van der Waals surface area contributed by atoms with Crippen molar-refractivity contribution in [3.63, 3.8) is 0 Å². The zero-order valence-corrected chi connectivity index (χ0v) is 13.7. The lowest BCUT2D eigenvalue weighted by molar-refractivity contribution is 0.00578. The minimum absolute atomic E-state index is 0.139. The molecule has 1 aliphatic heterocycles. The summed E-state index contributed by atoms with van der Waals surface area (Å²) in [7, 11) is -0.627. The molecule has 0 amide bonds. The highest BCUT2D eigenvalue weighted by molar-refractivity contribution is 6.55. The zero-order chi connectivity index (χ0) is 17.4. The lowest BCUT2D eigenvalue weighted by Crippen LogP contribution is -2.41. The largest absolute Gasteiger partial charge is 0.491 e. The van der Waals surface area contributed by atoms with Crippen molar-refractivity contribution in [2.75, 3.05) is 12.3 Å². The Morgan fingerprint density at radius 3 is 2.39 bits per heavy atom. The molecule has 1 fully saturated rings. The van der Waals surface area contributed by atoms with Gasteiger partial charge in [-0.15, -0.1) is 0 Å². The Morgan fingerprint density at radius 2 is 1.91 bits per heavy atom. The van der Waals surface area contributed by atoms with Crippen molar-refractivity contribution in [2.24, 2.45) is 5.73 Å². The highest BCUT2D eigenvalue weighted by Gasteiger charge is 2.52. The van der Waals surface area contributed by atoms with E-state index in [1.165, 1.54) is 6.20 Å². The third kappa shape index (κ3) is 3.36. The number of nitrogens with two attached hydrogens (primary N) is 2. The first-order valence-electron chi connectivity index (χ1n) is 7.19. The van der Waals surface area contributed by atoms with Gasteiger partial charge in [0.1, 0.15) is 0 Å². The number of aromatic nitrogens is 2. The number of carbonyl (C=O) groups is 1. The molecule has 2 heterocycles. The van der Waals surface area contributed by atoms with Crippen molar-refractivity contribution in [2.45, 2.75) is 38.9 Å². The fourth-order valence-corrected chi connectivity index (χ4v) is 2.05. The number of hydrogen-bond donors (Lipinski definition) is 3. The molecule has 0 bridgehead atoms. The number of anilines is 1. The summed E-state index contributed by atoms with van der Waals surface area (Å²) in [5.41, 5.74) is 11.0. The fourth-order valence-electron chi connectivity index (χ4n) is 2.05. The Morgan fingerprint density at radius 1 is 1.35 bits per heavy atom. The lowest BCUT2D eigenvalue weighted by atomic mass is 9.77. The Balaban J connectivity index is 2.34. The van der Waals surface area contributed by atoms with E-state index in [1.807, 2.05) is 27.7 Å². The van der Waals surface area contributed by atoms with Crippen molar-refractivity contribution < 1.29 is 19.2 Å². The molecule has 1 aromatic rings. The number of carboxylic acids is 1. The van der Waals surface area contributed by atoms with Gasteiger partial charge >= 0.3 is 13.1 Å². The van der Waals surface area contributed by atoms with E-state index in [-0.39, 0.29) is 18.1 Å². The molecule has 8 nitrogen and oxygen atoms in total. The minimum atomic E-state index is -1.24. The predicted molar refractivity (Wildman–Crippen MR) is 86.5 cm³/mol. The van der Waals surface area contributed by atoms with Crippen LogP contribution in [0.1, 0.15) is 43.9 Å². The maximum atomic E-state index is 11.1. The van der Waals surface area contributed by atoms with Gasteiger partial charge in [-0.25, -0.2) is 14.8 Å². The monoisotopic (exact) mass is 320 g/mol. The van der Waals surface area contributed by atoms with Gasteiger partial charge < -0.3 is 25.9 Å². The summed E-state index contributed by atoms with van der Waals surface area (Å²) in [5, 5.41) is 9.05. The molecule has 0 aliphatic carbocycles. The summed E-state index contributed by atoms with van der Waals surface area (Å²) < 4.78 is 11.9. The van der Waals surface area contributed by atoms with Crippen LogP contribution in [0.25, 0.3) is 6.08 Å². The van der Waals surface area contributed by atoms with E-state index in [1.54, 1.807) is 6.08 Å². The normalized spacial score (nSPS) is 19.9. The van der Waals surface area contributed by atoms with Gasteiger partial charge in [-0.1, -0.05) is 0 Å². The standard InChI is InChI=1S/C14H21BN4O4/c1-13(2)14(3,4)23-15(22-13)8(6-16)5-9-7-18-11(17)10(19-9)12(20)21/h5,7H,6,16H2,1-4H3,(H2,17,18)(H,20,21). The fraction of sp³-hybridized carbons (Fsp3) is 0.500. The Labute approximate surface area is 135 Å². The summed E-state index contributed by atoms with van der Waals surface area (Å²) >= 11 is 0. The van der Waals surface area contributed by atoms with Gasteiger partial charge in [-0.2, -0.15) is 0 Å². The molecule has 0 saturated carbocycles. The SMILES string of the molecule is CC1(C)OB(C(=Cc2cnc(N)c(C(=O)O)n2)CN)OC1(C)C. The van der Waals surface area contributed by atoms with Crippen molar-refractivity contribution in [1.29, 1.82) is 0 Å². The van der Waals surface area contributed by atoms with Crippen LogP contribution in [-0.4, -0.2) is 45.9 Å². The van der Waals surface area contributed by atoms with E-state index in [2.05, 4.69) is 9.97 Å². The first-order valence-corrected chi connectivity index (χ1v) is 7.19. The maximum absolute atomic E-state index is 11.1. The first kappa shape index (κ1) is 17.4. The second kappa shape index (κ2) is 5.91. The highest BCUT2D eigenvalue weighted by Crippen LogP contribution is 2.38. The highest BCUT2D eigenvalue weighted by atomic mass is 16.7. The van der Waals surface area contributed by atoms with Crippen molar-refractivity contribution in [3.8, 4) is 0 Å². The molecule has 124 valence electrons. The molecular formula is C14H21BN4O4. The third-order valence-corrected chi connectivity index (χ3v) is 4.15. The number of aromatic carboxylic acids is 1. The molecule has 23 heavy (non-hydrogen) atoms. The van der Waals surface area contributed by atoms with E-state index in [4.69, 9.17) is 25.9 Å². The number of nitrogen functional groups attached to an aromatic ring is 1. The minimum Gasteiger partial charge on any atom is -0.476 e. The van der Waals surface area contributed by atoms with Crippen LogP contribution in [0.3, 0.4) is 0 Å². The molecule has 9 heteroatoms. The quantitative estimate of drug-likeness (QED) is 0.691. The smallest absolute Gasteiger partial charge is 0.476 e. The van der Waals surface area contributed by atoms with Gasteiger partial charge in [0, 0.05) is 6.54 Å². The van der Waals surface area contributed by atoms with Crippen LogP contribution in [0.15, 0.2) is 11.7 Å². The van der Waals surface area contributed by atoms with Crippen LogP contribution in [0.4, 0.5) is 5.82 Å². The number of nitrogens with zero attached hydrogens (tertiary/aromatic N) is 2. The van der Waals surface area contributed by atoms with Gasteiger partial charge in [0.25, 0.3) is 0 Å². The number of carboxylic acid groups (broad SMARTS) is 1. The van der Waals surface area contributed by atoms with Crippen LogP contribution in [0.5, 0.6) is 0 Å². The maximum Gasteiger partial charge on any atom is 0.491 e. The topological polar surface area (TPSA) is 134 Å². The summed E-state index contributed by atoms with van der Waals surface area (Å²) in [5.74, 6) is -1.38. The molecule has 0 aromatic carbocycles. The molecule has 1 saturated heterocycles. The Bertz CT molecular complexity index is 644. The Kier molecular flexibility index (Phi) is 4.47. The van der Waals surface area contributed by atoms with Crippen LogP contribution >= 0.6 is 0 Å². The van der Waals surface area contributed by atoms with Crippen LogP contribution in [-0.2, 0) is 9.31 Å². The van der Waals surface area contributed by atoms with Crippen molar-refractivity contribution >= 4 is 25.0 Å². The average molecular weight is 320 g/mol. The van der Waals surface area contributed by atoms with Crippen molar-refractivity contribution in [3.05, 3.63) is 23.1 Å². The van der Waals surface area contributed by atoms with Gasteiger partial charge in [0.15, 0.2) is 11.5 Å². The molecular weight excluding hydrogens is 299 g/mol. The second-order valence-corrected chi connectivity index (χ2v) is 6.35. The van der Waals surface area contributed by atoms with Crippen molar-refractivity contribution in [1.82, 2.24) is 9.97 Å². The number of hydrogen-bond acceptors (Lipinski definition) is 7. The Hall–Kier alpha value is -1.97. The molecule has 0 unspecified atom stereocenters. The molecule has 0 atom stereocenters. The van der Waals surface area contributed by atoms with Crippen LogP contribution < -0.4 is 11.5 Å². The van der Waals surface area contributed by atoms with Gasteiger partial charge in [-0.05, 0) is 39.2 Å². The third-order valence-electron chi connectivity index (χ3n) is 4.15. The van der Waals surface area contributed by atoms with E-state index in [0.717, 1.165) is 0 Å². The summed E-state index contributed by atoms with van der Waals surface area (Å²) in [4.78, 5) is 18.9. The lowest BCUT2D eigenvalue weighted by Gasteiger charge is -2.32. The summed E-state index contributed by atoms with van der Waals surface area (Å²) in [6, 6.07) is 0. The summed E-state index contributed by atoms with van der Waals surface area (Å²) in [6.07, 6.45) is 2.99. The molecule has 0 radical (unpaired) electrons.